The van der Waals surface area contributed by atoms with Crippen LogP contribution in [0.5, 0.6) is 0 Å². The van der Waals surface area contributed by atoms with E-state index in [2.05, 4.69) is 15.5 Å². The third-order valence-electron chi connectivity index (χ3n) is 4.33. The zero-order chi connectivity index (χ0) is 24.3. The van der Waals surface area contributed by atoms with E-state index in [0.29, 0.717) is 0 Å². The van der Waals surface area contributed by atoms with Gasteiger partial charge >= 0.3 is 11.9 Å². The number of aromatic nitrogens is 1. The van der Waals surface area contributed by atoms with Crippen LogP contribution in [0.4, 0.5) is 5.13 Å². The number of primary amides is 1. The molecule has 16 heteroatoms. The second-order valence-electron chi connectivity index (χ2n) is 6.65. The molecule has 2 atom stereocenters. The Kier molecular flexibility index (Phi) is 7.17. The molecular formula is C17H18N6O8S2. The predicted molar refractivity (Wildman–Crippen MR) is 115 cm³/mol. The van der Waals surface area contributed by atoms with E-state index < -0.39 is 47.7 Å². The Hall–Kier alpha value is -3.66. The third-order valence-corrected chi connectivity index (χ3v) is 6.34. The molecule has 0 saturated carbocycles. The molecule has 1 aromatic rings. The van der Waals surface area contributed by atoms with Crippen molar-refractivity contribution in [2.45, 2.75) is 18.3 Å². The minimum absolute atomic E-state index is 0.0502. The fourth-order valence-electron chi connectivity index (χ4n) is 2.95. The number of carboxylic acid groups (broad SMARTS) is 1. The van der Waals surface area contributed by atoms with E-state index in [1.165, 1.54) is 24.1 Å². The first-order valence-corrected chi connectivity index (χ1v) is 11.1. The summed E-state index contributed by atoms with van der Waals surface area (Å²) in [6.07, 6.45) is 0. The standard InChI is InChI=1S/C17H18N6O8S2/c1-6(24)30-2-7-4-32-15-11(14(27)23(15)12(7)16(28)29)21-13(26)10(22-31-3-9(18)25)8-5-33-17(19)20-8/h5,11,15H,2-4H2,1H3,(H2,18,25)(H2,19,20)(H,21,26)(H,28,29)/t11-,15+/m1/s1. The van der Waals surface area contributed by atoms with E-state index in [4.69, 9.17) is 21.0 Å². The summed E-state index contributed by atoms with van der Waals surface area (Å²) in [5, 5.41) is 16.5. The normalized spacial score (nSPS) is 20.0. The summed E-state index contributed by atoms with van der Waals surface area (Å²) < 4.78 is 4.87. The number of β-lactam (4-membered cyclic amide) rings is 1. The van der Waals surface area contributed by atoms with Crippen molar-refractivity contribution >= 4 is 63.6 Å². The molecule has 0 bridgehead atoms. The molecule has 6 N–H and O–H groups in total. The van der Waals surface area contributed by atoms with Gasteiger partial charge in [-0.1, -0.05) is 5.16 Å². The Labute approximate surface area is 193 Å². The number of carbonyl (C=O) groups is 5. The number of thiazole rings is 1. The summed E-state index contributed by atoms with van der Waals surface area (Å²) >= 11 is 2.22. The number of aliphatic carboxylic acids is 1. The molecule has 176 valence electrons. The van der Waals surface area contributed by atoms with Crippen LogP contribution in [0.25, 0.3) is 0 Å². The lowest BCUT2D eigenvalue weighted by atomic mass is 10.0. The molecule has 2 aliphatic heterocycles. The molecule has 0 spiro atoms. The first kappa shape index (κ1) is 24.0. The van der Waals surface area contributed by atoms with Crippen molar-refractivity contribution in [1.29, 1.82) is 0 Å². The molecule has 1 saturated heterocycles. The van der Waals surface area contributed by atoms with Gasteiger partial charge in [-0.3, -0.25) is 24.1 Å². The highest BCUT2D eigenvalue weighted by Gasteiger charge is 2.54. The van der Waals surface area contributed by atoms with Crippen LogP contribution in [0.1, 0.15) is 12.6 Å². The number of nitrogens with two attached hydrogens (primary N) is 2. The number of nitrogens with zero attached hydrogens (tertiary/aromatic N) is 3. The van der Waals surface area contributed by atoms with E-state index in [0.717, 1.165) is 16.2 Å². The van der Waals surface area contributed by atoms with Crippen molar-refractivity contribution in [2.75, 3.05) is 24.7 Å². The molecule has 3 heterocycles. The summed E-state index contributed by atoms with van der Waals surface area (Å²) in [6, 6.07) is -1.07. The first-order chi connectivity index (χ1) is 15.6. The molecule has 0 aromatic carbocycles. The highest BCUT2D eigenvalue weighted by Crippen LogP contribution is 2.40. The average Bonchev–Trinajstić information content (AvgIpc) is 3.17. The van der Waals surface area contributed by atoms with Crippen molar-refractivity contribution in [2.24, 2.45) is 10.9 Å². The fraction of sp³-hybridized carbons (Fsp3) is 0.353. The average molecular weight is 498 g/mol. The van der Waals surface area contributed by atoms with Gasteiger partial charge in [0, 0.05) is 23.6 Å². The van der Waals surface area contributed by atoms with Gasteiger partial charge in [0.05, 0.1) is 0 Å². The maximum Gasteiger partial charge on any atom is 0.352 e. The monoisotopic (exact) mass is 498 g/mol. The van der Waals surface area contributed by atoms with Crippen LogP contribution in [0.15, 0.2) is 21.8 Å². The zero-order valence-electron chi connectivity index (χ0n) is 17.0. The number of carboxylic acids is 1. The molecule has 0 unspecified atom stereocenters. The molecule has 0 radical (unpaired) electrons. The van der Waals surface area contributed by atoms with Gasteiger partial charge in [-0.15, -0.1) is 23.1 Å². The van der Waals surface area contributed by atoms with Gasteiger partial charge in [-0.25, -0.2) is 9.78 Å². The third kappa shape index (κ3) is 5.23. The molecule has 2 aliphatic rings. The Morgan fingerprint density at radius 2 is 2.12 bits per heavy atom. The molecule has 3 rings (SSSR count). The van der Waals surface area contributed by atoms with Crippen LogP contribution in [0.2, 0.25) is 0 Å². The molecule has 33 heavy (non-hydrogen) atoms. The summed E-state index contributed by atoms with van der Waals surface area (Å²) in [4.78, 5) is 69.0. The van der Waals surface area contributed by atoms with Crippen molar-refractivity contribution in [3.63, 3.8) is 0 Å². The number of hydrogen-bond acceptors (Lipinski definition) is 12. The van der Waals surface area contributed by atoms with Crippen LogP contribution in [0, 0.1) is 0 Å². The lowest BCUT2D eigenvalue weighted by Gasteiger charge is -2.49. The second-order valence-corrected chi connectivity index (χ2v) is 8.64. The van der Waals surface area contributed by atoms with E-state index in [1.54, 1.807) is 0 Å². The van der Waals surface area contributed by atoms with Crippen molar-refractivity contribution < 1.29 is 38.7 Å². The number of hydrogen-bond donors (Lipinski definition) is 4. The number of thioether (sulfide) groups is 1. The van der Waals surface area contributed by atoms with E-state index >= 15 is 0 Å². The SMILES string of the molecule is CC(=O)OCC1=C(C(=O)O)N2C(=O)[C@@H](NC(=O)C(=NOCC(N)=O)c3csc(N)n3)[C@@H]2SC1. The number of nitrogens with one attached hydrogen (secondary N) is 1. The Morgan fingerprint density at radius 1 is 1.39 bits per heavy atom. The maximum atomic E-state index is 12.8. The van der Waals surface area contributed by atoms with Crippen LogP contribution in [-0.4, -0.2) is 80.7 Å². The smallest absolute Gasteiger partial charge is 0.352 e. The Bertz CT molecular complexity index is 1080. The first-order valence-electron chi connectivity index (χ1n) is 9.14. The van der Waals surface area contributed by atoms with Crippen LogP contribution in [-0.2, 0) is 33.5 Å². The Balaban J connectivity index is 1.78. The highest BCUT2D eigenvalue weighted by atomic mass is 32.2. The summed E-state index contributed by atoms with van der Waals surface area (Å²) in [5.41, 5.74) is 10.3. The number of nitrogen functional groups attached to an aromatic ring is 1. The predicted octanol–water partition coefficient (Wildman–Crippen LogP) is -1.77. The summed E-state index contributed by atoms with van der Waals surface area (Å²) in [7, 11) is 0. The number of fused-ring (bicyclic) bond motifs is 1. The molecule has 1 fully saturated rings. The van der Waals surface area contributed by atoms with E-state index in [-0.39, 0.29) is 40.2 Å². The molecule has 0 aliphatic carbocycles. The quantitative estimate of drug-likeness (QED) is 0.129. The molecule has 14 nitrogen and oxygen atoms in total. The number of oxime groups is 1. The van der Waals surface area contributed by atoms with Gasteiger partial charge < -0.3 is 31.5 Å². The van der Waals surface area contributed by atoms with Gasteiger partial charge in [-0.05, 0) is 0 Å². The van der Waals surface area contributed by atoms with Crippen molar-refractivity contribution in [1.82, 2.24) is 15.2 Å². The number of anilines is 1. The van der Waals surface area contributed by atoms with Gasteiger partial charge in [0.25, 0.3) is 17.7 Å². The lowest BCUT2D eigenvalue weighted by molar-refractivity contribution is -0.150. The number of rotatable bonds is 9. The number of carbonyl (C=O) groups excluding carboxylic acids is 4. The summed E-state index contributed by atoms with van der Waals surface area (Å²) in [5.74, 6) is -4.13. The minimum atomic E-state index is -1.36. The second kappa shape index (κ2) is 9.86. The molecule has 1 aromatic heterocycles. The van der Waals surface area contributed by atoms with Gasteiger partial charge in [-0.2, -0.15) is 0 Å². The molecule has 3 amide bonds. The minimum Gasteiger partial charge on any atom is -0.477 e. The number of ether oxygens (including phenoxy) is 1. The van der Waals surface area contributed by atoms with Crippen LogP contribution < -0.4 is 16.8 Å². The maximum absolute atomic E-state index is 12.8. The zero-order valence-corrected chi connectivity index (χ0v) is 18.6. The topological polar surface area (TPSA) is 217 Å². The van der Waals surface area contributed by atoms with E-state index in [1.807, 2.05) is 0 Å². The van der Waals surface area contributed by atoms with Gasteiger partial charge in [0.15, 0.2) is 17.5 Å². The lowest BCUT2D eigenvalue weighted by Crippen LogP contribution is -2.71. The largest absolute Gasteiger partial charge is 0.477 e. The van der Waals surface area contributed by atoms with Gasteiger partial charge in [0.2, 0.25) is 0 Å². The highest BCUT2D eigenvalue weighted by molar-refractivity contribution is 8.00. The Morgan fingerprint density at radius 3 is 2.70 bits per heavy atom. The van der Waals surface area contributed by atoms with Crippen molar-refractivity contribution in [3.05, 3.63) is 22.3 Å². The number of esters is 1. The van der Waals surface area contributed by atoms with E-state index in [9.17, 15) is 29.1 Å². The van der Waals surface area contributed by atoms with Crippen LogP contribution in [0.3, 0.4) is 0 Å². The van der Waals surface area contributed by atoms with Gasteiger partial charge in [0.1, 0.15) is 29.4 Å². The van der Waals surface area contributed by atoms with Crippen molar-refractivity contribution in [3.8, 4) is 0 Å². The molecular weight excluding hydrogens is 480 g/mol. The summed E-state index contributed by atoms with van der Waals surface area (Å²) in [6.45, 7) is 0.321. The number of amides is 3. The van der Waals surface area contributed by atoms with Crippen LogP contribution >= 0.6 is 23.1 Å². The fourth-order valence-corrected chi connectivity index (χ4v) is 4.83.